The van der Waals surface area contributed by atoms with Crippen molar-refractivity contribution in [3.8, 4) is 0 Å². The van der Waals surface area contributed by atoms with Crippen LogP contribution in [0.4, 0.5) is 0 Å². The normalized spacial score (nSPS) is 19.2. The average molecular weight is 539 g/mol. The largest absolute Gasteiger partial charge is 0.503 e. The molecule has 8 heteroatoms. The molecule has 2 aromatic carbocycles. The summed E-state index contributed by atoms with van der Waals surface area (Å²) in [5, 5.41) is 11.7. The topological polar surface area (TPSA) is 83.2 Å². The van der Waals surface area contributed by atoms with Crippen LogP contribution in [0.25, 0.3) is 11.0 Å². The maximum Gasteiger partial charge on any atom is 0.290 e. The van der Waals surface area contributed by atoms with Gasteiger partial charge in [0, 0.05) is 36.0 Å². The number of aliphatic hydroxyl groups is 1. The molecule has 2 aliphatic heterocycles. The minimum atomic E-state index is -0.692. The average Bonchev–Trinajstić information content (AvgIpc) is 3.39. The number of amides is 1. The van der Waals surface area contributed by atoms with Crippen LogP contribution in [-0.2, 0) is 9.53 Å². The Hall–Kier alpha value is -2.94. The van der Waals surface area contributed by atoms with Gasteiger partial charge in [0.05, 0.1) is 24.8 Å². The number of aliphatic hydroxyl groups excluding tert-OH is 1. The number of aryl methyl sites for hydroxylation is 1. The molecule has 35 heavy (non-hydrogen) atoms. The Morgan fingerprint density at radius 1 is 1.09 bits per heavy atom. The van der Waals surface area contributed by atoms with Gasteiger partial charge in [0.2, 0.25) is 5.78 Å². The number of ketones is 1. The fourth-order valence-corrected chi connectivity index (χ4v) is 5.07. The van der Waals surface area contributed by atoms with E-state index in [1.54, 1.807) is 11.0 Å². The second-order valence-corrected chi connectivity index (χ2v) is 9.92. The summed E-state index contributed by atoms with van der Waals surface area (Å²) in [7, 11) is 0. The van der Waals surface area contributed by atoms with Gasteiger partial charge in [-0.15, -0.1) is 0 Å². The highest BCUT2D eigenvalue weighted by molar-refractivity contribution is 9.10. The molecule has 1 atom stereocenters. The predicted molar refractivity (Wildman–Crippen MR) is 135 cm³/mol. The number of furan rings is 1. The number of ether oxygens (including phenoxy) is 1. The van der Waals surface area contributed by atoms with Crippen molar-refractivity contribution in [2.75, 3.05) is 39.4 Å². The van der Waals surface area contributed by atoms with Crippen LogP contribution in [0.2, 0.25) is 0 Å². The first-order valence-corrected chi connectivity index (χ1v) is 12.6. The first-order valence-electron chi connectivity index (χ1n) is 11.8. The highest BCUT2D eigenvalue weighted by Gasteiger charge is 2.44. The third-order valence-corrected chi connectivity index (χ3v) is 7.14. The lowest BCUT2D eigenvalue weighted by Crippen LogP contribution is -2.39. The Morgan fingerprint density at radius 2 is 1.83 bits per heavy atom. The van der Waals surface area contributed by atoms with Gasteiger partial charge >= 0.3 is 0 Å². The van der Waals surface area contributed by atoms with Crippen molar-refractivity contribution < 1.29 is 23.8 Å². The zero-order valence-electron chi connectivity index (χ0n) is 19.5. The van der Waals surface area contributed by atoms with Crippen LogP contribution >= 0.6 is 15.9 Å². The molecule has 182 valence electrons. The van der Waals surface area contributed by atoms with Crippen molar-refractivity contribution in [2.24, 2.45) is 0 Å². The second-order valence-electron chi connectivity index (χ2n) is 9.00. The molecular formula is C27H27BrN2O5. The van der Waals surface area contributed by atoms with E-state index in [0.29, 0.717) is 25.3 Å². The molecular weight excluding hydrogens is 512 g/mol. The minimum Gasteiger partial charge on any atom is -0.503 e. The summed E-state index contributed by atoms with van der Waals surface area (Å²) < 4.78 is 12.1. The molecule has 1 amide bonds. The van der Waals surface area contributed by atoms with Gasteiger partial charge in [-0.1, -0.05) is 39.7 Å². The van der Waals surface area contributed by atoms with Crippen LogP contribution in [0.5, 0.6) is 0 Å². The summed E-state index contributed by atoms with van der Waals surface area (Å²) in [5.41, 5.74) is 2.45. The molecule has 2 aliphatic rings. The van der Waals surface area contributed by atoms with E-state index in [9.17, 15) is 14.7 Å². The molecule has 0 aliphatic carbocycles. The second kappa shape index (κ2) is 9.97. The third kappa shape index (κ3) is 4.78. The number of rotatable bonds is 7. The van der Waals surface area contributed by atoms with Crippen LogP contribution in [0.1, 0.15) is 34.1 Å². The van der Waals surface area contributed by atoms with E-state index in [1.165, 1.54) is 0 Å². The quantitative estimate of drug-likeness (QED) is 0.435. The summed E-state index contributed by atoms with van der Waals surface area (Å²) in [6.07, 6.45) is 0.720. The van der Waals surface area contributed by atoms with Gasteiger partial charge in [-0.2, -0.15) is 0 Å². The van der Waals surface area contributed by atoms with Gasteiger partial charge in [0.25, 0.3) is 5.91 Å². The molecule has 3 heterocycles. The van der Waals surface area contributed by atoms with Crippen molar-refractivity contribution in [1.29, 1.82) is 0 Å². The smallest absolute Gasteiger partial charge is 0.290 e. The molecule has 0 bridgehead atoms. The number of Topliss-reactive ketones (excluding diaryl/α,β-unsaturated/α-hetero) is 1. The molecule has 5 rings (SSSR count). The number of fused-ring (bicyclic) bond motifs is 1. The number of hydrogen-bond acceptors (Lipinski definition) is 6. The number of carbonyl (C=O) groups excluding carboxylic acids is 2. The van der Waals surface area contributed by atoms with E-state index in [2.05, 4.69) is 20.8 Å². The van der Waals surface area contributed by atoms with Crippen molar-refractivity contribution in [1.82, 2.24) is 9.80 Å². The number of morpholine rings is 1. The van der Waals surface area contributed by atoms with Gasteiger partial charge in [-0.05, 0) is 49.2 Å². The summed E-state index contributed by atoms with van der Waals surface area (Å²) >= 11 is 3.45. The Bertz CT molecular complexity index is 1290. The van der Waals surface area contributed by atoms with Crippen LogP contribution < -0.4 is 0 Å². The number of halogens is 1. The lowest BCUT2D eigenvalue weighted by Gasteiger charge is -2.30. The van der Waals surface area contributed by atoms with E-state index in [4.69, 9.17) is 9.15 Å². The third-order valence-electron chi connectivity index (χ3n) is 6.61. The molecule has 0 spiro atoms. The van der Waals surface area contributed by atoms with E-state index in [0.717, 1.165) is 47.0 Å². The van der Waals surface area contributed by atoms with E-state index < -0.39 is 23.5 Å². The molecule has 1 unspecified atom stereocenters. The maximum absolute atomic E-state index is 13.7. The fourth-order valence-electron chi connectivity index (χ4n) is 4.80. The molecule has 1 saturated heterocycles. The molecule has 0 saturated carbocycles. The number of nitrogens with zero attached hydrogens (tertiary/aromatic N) is 2. The van der Waals surface area contributed by atoms with Crippen molar-refractivity contribution in [3.63, 3.8) is 0 Å². The lowest BCUT2D eigenvalue weighted by molar-refractivity contribution is -0.129. The van der Waals surface area contributed by atoms with E-state index in [-0.39, 0.29) is 11.3 Å². The van der Waals surface area contributed by atoms with Crippen molar-refractivity contribution in [2.45, 2.75) is 19.4 Å². The zero-order chi connectivity index (χ0) is 24.5. The summed E-state index contributed by atoms with van der Waals surface area (Å²) in [6.45, 7) is 6.34. The molecule has 1 N–H and O–H groups in total. The Balaban J connectivity index is 1.45. The van der Waals surface area contributed by atoms with Crippen LogP contribution in [-0.4, -0.2) is 66.0 Å². The minimum absolute atomic E-state index is 0.0551. The van der Waals surface area contributed by atoms with Gasteiger partial charge < -0.3 is 19.2 Å². The van der Waals surface area contributed by atoms with Crippen molar-refractivity contribution >= 4 is 38.6 Å². The summed E-state index contributed by atoms with van der Waals surface area (Å²) in [5.74, 6) is -1.41. The van der Waals surface area contributed by atoms with Crippen molar-refractivity contribution in [3.05, 3.63) is 81.2 Å². The fraction of sp³-hybridized carbons (Fsp3) is 0.333. The van der Waals surface area contributed by atoms with E-state index in [1.807, 2.05) is 49.4 Å². The van der Waals surface area contributed by atoms with Crippen LogP contribution in [0.15, 0.2) is 68.8 Å². The maximum atomic E-state index is 13.7. The highest BCUT2D eigenvalue weighted by Crippen LogP contribution is 2.40. The van der Waals surface area contributed by atoms with Gasteiger partial charge in [-0.25, -0.2) is 0 Å². The first-order chi connectivity index (χ1) is 16.9. The zero-order valence-corrected chi connectivity index (χ0v) is 21.1. The molecule has 0 radical (unpaired) electrons. The number of benzene rings is 2. The van der Waals surface area contributed by atoms with Crippen LogP contribution in [0, 0.1) is 6.92 Å². The summed E-state index contributed by atoms with van der Waals surface area (Å²) in [4.78, 5) is 30.7. The number of hydrogen-bond donors (Lipinski definition) is 1. The first kappa shape index (κ1) is 23.8. The lowest BCUT2D eigenvalue weighted by atomic mass is 9.95. The molecule has 7 nitrogen and oxygen atoms in total. The van der Waals surface area contributed by atoms with Gasteiger partial charge in [-0.3, -0.25) is 14.5 Å². The monoisotopic (exact) mass is 538 g/mol. The molecule has 1 fully saturated rings. The molecule has 3 aromatic rings. The van der Waals surface area contributed by atoms with Crippen LogP contribution in [0.3, 0.4) is 0 Å². The predicted octanol–water partition coefficient (Wildman–Crippen LogP) is 4.80. The van der Waals surface area contributed by atoms with Gasteiger partial charge in [0.1, 0.15) is 5.58 Å². The summed E-state index contributed by atoms with van der Waals surface area (Å²) in [6, 6.07) is 14.1. The Labute approximate surface area is 212 Å². The standard InChI is InChI=1S/C27H27BrN2O5/c1-17-3-8-21-19(15-17)16-22(35-21)25(31)23-24(18-4-6-20(28)7-5-18)30(27(33)26(23)32)10-2-9-29-11-13-34-14-12-29/h3-8,15-16,24,32H,2,9-14H2,1H3. The SMILES string of the molecule is Cc1ccc2oc(C(=O)C3=C(O)C(=O)N(CCCN4CCOCC4)C3c3ccc(Br)cc3)cc2c1. The molecule has 1 aromatic heterocycles. The van der Waals surface area contributed by atoms with Gasteiger partial charge in [0.15, 0.2) is 11.5 Å². The highest BCUT2D eigenvalue weighted by atomic mass is 79.9. The number of carbonyl (C=O) groups is 2. The van der Waals surface area contributed by atoms with E-state index >= 15 is 0 Å². The Morgan fingerprint density at radius 3 is 2.57 bits per heavy atom. The Kier molecular flexibility index (Phi) is 6.77.